The molecule has 0 aliphatic heterocycles. The van der Waals surface area contributed by atoms with Crippen molar-refractivity contribution in [3.63, 3.8) is 0 Å². The van der Waals surface area contributed by atoms with Gasteiger partial charge in [0, 0.05) is 5.02 Å². The lowest BCUT2D eigenvalue weighted by atomic mass is 10.1. The van der Waals surface area contributed by atoms with Crippen LogP contribution in [0.5, 0.6) is 5.75 Å². The van der Waals surface area contributed by atoms with Gasteiger partial charge in [0.15, 0.2) is 0 Å². The first kappa shape index (κ1) is 13.7. The third-order valence-electron chi connectivity index (χ3n) is 3.28. The van der Waals surface area contributed by atoms with Crippen molar-refractivity contribution in [3.8, 4) is 16.9 Å². The summed E-state index contributed by atoms with van der Waals surface area (Å²) in [7, 11) is 0. The number of hydrogen-bond acceptors (Lipinski definition) is 1. The van der Waals surface area contributed by atoms with Crippen molar-refractivity contribution < 1.29 is 4.74 Å². The molecule has 104 valence electrons. The summed E-state index contributed by atoms with van der Waals surface area (Å²) in [6, 6.07) is 26.1. The Morgan fingerprint density at radius 3 is 1.95 bits per heavy atom. The van der Waals surface area contributed by atoms with Gasteiger partial charge in [-0.15, -0.1) is 0 Å². The molecule has 3 aromatic carbocycles. The minimum atomic E-state index is 0.544. The first-order valence-electron chi connectivity index (χ1n) is 6.84. The van der Waals surface area contributed by atoms with Crippen LogP contribution >= 0.6 is 11.6 Å². The molecule has 0 aromatic heterocycles. The van der Waals surface area contributed by atoms with Crippen molar-refractivity contribution >= 4 is 11.6 Å². The van der Waals surface area contributed by atoms with Gasteiger partial charge in [0.1, 0.15) is 12.4 Å². The van der Waals surface area contributed by atoms with E-state index in [0.717, 1.165) is 16.3 Å². The van der Waals surface area contributed by atoms with Gasteiger partial charge in [-0.2, -0.15) is 0 Å². The maximum absolute atomic E-state index is 5.86. The van der Waals surface area contributed by atoms with Crippen molar-refractivity contribution in [1.82, 2.24) is 0 Å². The molecule has 0 saturated carbocycles. The number of hydrogen-bond donors (Lipinski definition) is 0. The maximum atomic E-state index is 5.86. The third-order valence-corrected chi connectivity index (χ3v) is 3.53. The second-order valence-corrected chi connectivity index (χ2v) is 5.24. The molecule has 0 atom stereocenters. The second-order valence-electron chi connectivity index (χ2n) is 4.81. The fourth-order valence-electron chi connectivity index (χ4n) is 2.12. The summed E-state index contributed by atoms with van der Waals surface area (Å²) in [4.78, 5) is 0. The van der Waals surface area contributed by atoms with E-state index >= 15 is 0 Å². The van der Waals surface area contributed by atoms with Crippen LogP contribution in [0.4, 0.5) is 0 Å². The fourth-order valence-corrected chi connectivity index (χ4v) is 2.25. The van der Waals surface area contributed by atoms with E-state index in [9.17, 15) is 0 Å². The van der Waals surface area contributed by atoms with Crippen LogP contribution in [0.25, 0.3) is 11.1 Å². The highest BCUT2D eigenvalue weighted by molar-refractivity contribution is 6.30. The van der Waals surface area contributed by atoms with Gasteiger partial charge in [-0.1, -0.05) is 66.2 Å². The zero-order valence-corrected chi connectivity index (χ0v) is 12.3. The summed E-state index contributed by atoms with van der Waals surface area (Å²) in [5, 5.41) is 0.742. The molecule has 0 unspecified atom stereocenters. The summed E-state index contributed by atoms with van der Waals surface area (Å²) in [6.07, 6.45) is 0. The van der Waals surface area contributed by atoms with Crippen molar-refractivity contribution in [2.75, 3.05) is 0 Å². The van der Waals surface area contributed by atoms with Gasteiger partial charge in [0.05, 0.1) is 0 Å². The zero-order chi connectivity index (χ0) is 14.5. The summed E-state index contributed by atoms with van der Waals surface area (Å²) >= 11 is 5.86. The predicted octanol–water partition coefficient (Wildman–Crippen LogP) is 5.59. The van der Waals surface area contributed by atoms with Crippen LogP contribution in [-0.4, -0.2) is 0 Å². The number of benzene rings is 3. The van der Waals surface area contributed by atoms with E-state index in [4.69, 9.17) is 16.3 Å². The molecule has 0 bridgehead atoms. The molecule has 0 fully saturated rings. The van der Waals surface area contributed by atoms with E-state index in [1.165, 1.54) is 11.1 Å². The molecule has 0 aliphatic rings. The highest BCUT2D eigenvalue weighted by Crippen LogP contribution is 2.22. The summed E-state index contributed by atoms with van der Waals surface area (Å²) < 4.78 is 5.78. The SMILES string of the molecule is Clc1ccc(COc2ccc(-c3ccccc3)cc2)cc1. The first-order valence-corrected chi connectivity index (χ1v) is 7.22. The van der Waals surface area contributed by atoms with Gasteiger partial charge in [-0.05, 0) is 41.0 Å². The van der Waals surface area contributed by atoms with Crippen LogP contribution in [0, 0.1) is 0 Å². The Bertz CT molecular complexity index is 688. The average Bonchev–Trinajstić information content (AvgIpc) is 2.56. The van der Waals surface area contributed by atoms with Crippen LogP contribution in [0.2, 0.25) is 5.02 Å². The largest absolute Gasteiger partial charge is 0.489 e. The number of ether oxygens (including phenoxy) is 1. The molecule has 0 amide bonds. The monoisotopic (exact) mass is 294 g/mol. The number of halogens is 1. The quantitative estimate of drug-likeness (QED) is 0.610. The van der Waals surface area contributed by atoms with Gasteiger partial charge < -0.3 is 4.74 Å². The fraction of sp³-hybridized carbons (Fsp3) is 0.0526. The summed E-state index contributed by atoms with van der Waals surface area (Å²) in [5.74, 6) is 0.865. The molecule has 3 aromatic rings. The van der Waals surface area contributed by atoms with E-state index in [-0.39, 0.29) is 0 Å². The van der Waals surface area contributed by atoms with Crippen molar-refractivity contribution in [3.05, 3.63) is 89.4 Å². The minimum absolute atomic E-state index is 0.544. The highest BCUT2D eigenvalue weighted by Gasteiger charge is 1.99. The van der Waals surface area contributed by atoms with Gasteiger partial charge in [0.25, 0.3) is 0 Å². The Kier molecular flexibility index (Phi) is 4.23. The van der Waals surface area contributed by atoms with Crippen molar-refractivity contribution in [2.45, 2.75) is 6.61 Å². The first-order chi connectivity index (χ1) is 10.3. The Morgan fingerprint density at radius 2 is 1.29 bits per heavy atom. The number of rotatable bonds is 4. The lowest BCUT2D eigenvalue weighted by Gasteiger charge is -2.08. The third kappa shape index (κ3) is 3.65. The molecule has 0 heterocycles. The van der Waals surface area contributed by atoms with Crippen LogP contribution in [0.1, 0.15) is 5.56 Å². The molecule has 0 N–H and O–H groups in total. The lowest BCUT2D eigenvalue weighted by molar-refractivity contribution is 0.306. The molecule has 0 radical (unpaired) electrons. The standard InChI is InChI=1S/C19H15ClO/c20-18-10-6-15(7-11-18)14-21-19-12-8-17(9-13-19)16-4-2-1-3-5-16/h1-13H,14H2. The van der Waals surface area contributed by atoms with Gasteiger partial charge >= 0.3 is 0 Å². The molecule has 0 aliphatic carbocycles. The summed E-state index contributed by atoms with van der Waals surface area (Å²) in [5.41, 5.74) is 3.50. The smallest absolute Gasteiger partial charge is 0.119 e. The molecule has 3 rings (SSSR count). The Balaban J connectivity index is 1.66. The van der Waals surface area contributed by atoms with Crippen molar-refractivity contribution in [2.24, 2.45) is 0 Å². The predicted molar refractivity (Wildman–Crippen MR) is 87.7 cm³/mol. The van der Waals surface area contributed by atoms with Gasteiger partial charge in [0.2, 0.25) is 0 Å². The van der Waals surface area contributed by atoms with Crippen LogP contribution < -0.4 is 4.74 Å². The Labute approximate surface area is 129 Å². The zero-order valence-electron chi connectivity index (χ0n) is 11.5. The maximum Gasteiger partial charge on any atom is 0.119 e. The molecular formula is C19H15ClO. The molecule has 2 heteroatoms. The van der Waals surface area contributed by atoms with E-state index in [0.29, 0.717) is 6.61 Å². The molecule has 1 nitrogen and oxygen atoms in total. The van der Waals surface area contributed by atoms with Crippen molar-refractivity contribution in [1.29, 1.82) is 0 Å². The van der Waals surface area contributed by atoms with Crippen LogP contribution in [0.3, 0.4) is 0 Å². The van der Waals surface area contributed by atoms with Gasteiger partial charge in [-0.25, -0.2) is 0 Å². The van der Waals surface area contributed by atoms with E-state index in [2.05, 4.69) is 24.3 Å². The van der Waals surface area contributed by atoms with Crippen LogP contribution in [0.15, 0.2) is 78.9 Å². The highest BCUT2D eigenvalue weighted by atomic mass is 35.5. The molecular weight excluding hydrogens is 280 g/mol. The summed E-state index contributed by atoms with van der Waals surface area (Å²) in [6.45, 7) is 0.544. The topological polar surface area (TPSA) is 9.23 Å². The Morgan fingerprint density at radius 1 is 0.667 bits per heavy atom. The van der Waals surface area contributed by atoms with Gasteiger partial charge in [-0.3, -0.25) is 0 Å². The molecule has 0 spiro atoms. The van der Waals surface area contributed by atoms with Crippen LogP contribution in [-0.2, 0) is 6.61 Å². The normalized spacial score (nSPS) is 10.3. The molecule has 21 heavy (non-hydrogen) atoms. The average molecular weight is 295 g/mol. The molecule has 0 saturated heterocycles. The lowest BCUT2D eigenvalue weighted by Crippen LogP contribution is -1.94. The van der Waals surface area contributed by atoms with E-state index < -0.39 is 0 Å². The van der Waals surface area contributed by atoms with E-state index in [1.807, 2.05) is 54.6 Å². The Hall–Kier alpha value is -2.25. The van der Waals surface area contributed by atoms with E-state index in [1.54, 1.807) is 0 Å². The minimum Gasteiger partial charge on any atom is -0.489 e. The second kappa shape index (κ2) is 6.47.